The van der Waals surface area contributed by atoms with Crippen LogP contribution in [0.15, 0.2) is 36.9 Å². The zero-order valence-electron chi connectivity index (χ0n) is 20.4. The van der Waals surface area contributed by atoms with Crippen LogP contribution in [0.2, 0.25) is 5.02 Å². The van der Waals surface area contributed by atoms with E-state index in [9.17, 15) is 19.5 Å². The van der Waals surface area contributed by atoms with Gasteiger partial charge in [-0.1, -0.05) is 24.6 Å². The van der Waals surface area contributed by atoms with Crippen molar-refractivity contribution >= 4 is 46.8 Å². The Morgan fingerprint density at radius 1 is 1.34 bits per heavy atom. The van der Waals surface area contributed by atoms with Crippen molar-refractivity contribution in [1.29, 1.82) is 0 Å². The van der Waals surface area contributed by atoms with Crippen LogP contribution in [0.4, 0.5) is 5.69 Å². The number of ether oxygens (including phenoxy) is 1. The number of amides is 2. The summed E-state index contributed by atoms with van der Waals surface area (Å²) < 4.78 is 4.16. The first-order chi connectivity index (χ1) is 16.7. The third kappa shape index (κ3) is 3.98. The third-order valence-electron chi connectivity index (χ3n) is 7.78. The maximum absolute atomic E-state index is 14.4. The lowest BCUT2D eigenvalue weighted by molar-refractivity contribution is -0.155. The monoisotopic (exact) mass is 520 g/mol. The van der Waals surface area contributed by atoms with E-state index >= 15 is 0 Å². The molecular weight excluding hydrogens is 488 g/mol. The van der Waals surface area contributed by atoms with Gasteiger partial charge in [-0.3, -0.25) is 14.4 Å². The zero-order valence-corrected chi connectivity index (χ0v) is 22.0. The number of rotatable bonds is 9. The number of hydrogen-bond acceptors (Lipinski definition) is 6. The van der Waals surface area contributed by atoms with Crippen LogP contribution in [0.5, 0.6) is 0 Å². The van der Waals surface area contributed by atoms with E-state index in [1.807, 2.05) is 13.8 Å². The summed E-state index contributed by atoms with van der Waals surface area (Å²) >= 11 is 7.67. The number of thioether (sulfide) groups is 1. The third-order valence-corrected chi connectivity index (χ3v) is 10.0. The van der Waals surface area contributed by atoms with Crippen molar-refractivity contribution in [2.45, 2.75) is 61.6 Å². The minimum Gasteiger partial charge on any atom is -0.466 e. The van der Waals surface area contributed by atoms with E-state index in [-0.39, 0.29) is 37.5 Å². The first-order valence-corrected chi connectivity index (χ1v) is 13.4. The molecule has 1 N–H and O–H groups in total. The molecule has 2 amide bonds. The maximum Gasteiger partial charge on any atom is 0.311 e. The smallest absolute Gasteiger partial charge is 0.311 e. The molecule has 3 heterocycles. The van der Waals surface area contributed by atoms with Gasteiger partial charge in [0.15, 0.2) is 0 Å². The van der Waals surface area contributed by atoms with Gasteiger partial charge in [0.05, 0.1) is 35.8 Å². The molecule has 9 heteroatoms. The van der Waals surface area contributed by atoms with Gasteiger partial charge in [-0.25, -0.2) is 0 Å². The van der Waals surface area contributed by atoms with Gasteiger partial charge in [-0.05, 0) is 57.4 Å². The molecule has 3 saturated heterocycles. The molecule has 0 aliphatic carbocycles. The molecule has 3 aliphatic rings. The van der Waals surface area contributed by atoms with E-state index in [0.29, 0.717) is 30.0 Å². The second-order valence-electron chi connectivity index (χ2n) is 9.68. The molecular formula is C26H33ClN2O5S. The number of fused-ring (bicyclic) bond motifs is 1. The summed E-state index contributed by atoms with van der Waals surface area (Å²) in [5.41, 5.74) is 0.647. The van der Waals surface area contributed by atoms with Crippen LogP contribution in [0, 0.1) is 11.8 Å². The number of esters is 1. The van der Waals surface area contributed by atoms with Crippen molar-refractivity contribution in [2.75, 3.05) is 24.7 Å². The predicted molar refractivity (Wildman–Crippen MR) is 137 cm³/mol. The summed E-state index contributed by atoms with van der Waals surface area (Å²) in [6.45, 7) is 9.69. The van der Waals surface area contributed by atoms with Gasteiger partial charge in [0.25, 0.3) is 5.91 Å². The van der Waals surface area contributed by atoms with E-state index in [1.54, 1.807) is 58.8 Å². The Hall–Kier alpha value is -2.03. The van der Waals surface area contributed by atoms with Crippen LogP contribution in [0.25, 0.3) is 0 Å². The highest BCUT2D eigenvalue weighted by Crippen LogP contribution is 2.71. The molecule has 1 spiro atoms. The fourth-order valence-electron chi connectivity index (χ4n) is 6.26. The van der Waals surface area contributed by atoms with Crippen LogP contribution in [0.3, 0.4) is 0 Å². The summed E-state index contributed by atoms with van der Waals surface area (Å²) in [5.74, 6) is -2.17. The van der Waals surface area contributed by atoms with E-state index in [1.165, 1.54) is 0 Å². The lowest BCUT2D eigenvalue weighted by Crippen LogP contribution is -2.57. The van der Waals surface area contributed by atoms with Crippen LogP contribution in [0.1, 0.15) is 40.0 Å². The number of anilines is 1. The number of benzene rings is 1. The summed E-state index contributed by atoms with van der Waals surface area (Å²) in [4.78, 5) is 44.8. The van der Waals surface area contributed by atoms with Crippen LogP contribution in [-0.4, -0.2) is 69.1 Å². The van der Waals surface area contributed by atoms with Gasteiger partial charge < -0.3 is 19.6 Å². The Morgan fingerprint density at radius 3 is 2.60 bits per heavy atom. The van der Waals surface area contributed by atoms with Crippen molar-refractivity contribution in [3.63, 3.8) is 0 Å². The number of aliphatic hydroxyl groups is 1. The van der Waals surface area contributed by atoms with Crippen LogP contribution < -0.4 is 4.90 Å². The van der Waals surface area contributed by atoms with Crippen molar-refractivity contribution in [3.8, 4) is 0 Å². The number of halogens is 1. The van der Waals surface area contributed by atoms with Crippen LogP contribution in [-0.2, 0) is 19.1 Å². The average Bonchev–Trinajstić information content (AvgIpc) is 3.40. The highest BCUT2D eigenvalue weighted by molar-refractivity contribution is 8.02. The van der Waals surface area contributed by atoms with E-state index in [2.05, 4.69) is 6.58 Å². The van der Waals surface area contributed by atoms with Gasteiger partial charge in [0, 0.05) is 22.0 Å². The average molecular weight is 521 g/mol. The van der Waals surface area contributed by atoms with Gasteiger partial charge in [0.2, 0.25) is 5.91 Å². The number of aliphatic hydroxyl groups excluding tert-OH is 1. The Bertz CT molecular complexity index is 1020. The quantitative estimate of drug-likeness (QED) is 0.395. The molecule has 7 nitrogen and oxygen atoms in total. The fourth-order valence-corrected chi connectivity index (χ4v) is 8.71. The molecule has 2 unspecified atom stereocenters. The molecule has 4 rings (SSSR count). The number of hydrogen-bond donors (Lipinski definition) is 1. The molecule has 3 aliphatic heterocycles. The normalized spacial score (nSPS) is 31.9. The number of likely N-dealkylation sites (tertiary alicyclic amines) is 1. The highest BCUT2D eigenvalue weighted by atomic mass is 35.5. The van der Waals surface area contributed by atoms with Crippen LogP contribution >= 0.6 is 23.4 Å². The second kappa shape index (κ2) is 9.79. The Labute approximate surface area is 215 Å². The van der Waals surface area contributed by atoms with Gasteiger partial charge >= 0.3 is 5.97 Å². The largest absolute Gasteiger partial charge is 0.466 e. The Morgan fingerprint density at radius 2 is 2.03 bits per heavy atom. The summed E-state index contributed by atoms with van der Waals surface area (Å²) in [5, 5.41) is 10.7. The van der Waals surface area contributed by atoms with Crippen molar-refractivity contribution in [1.82, 2.24) is 4.90 Å². The lowest BCUT2D eigenvalue weighted by Gasteiger charge is -2.39. The predicted octanol–water partition coefficient (Wildman–Crippen LogP) is 3.67. The Balaban J connectivity index is 1.84. The molecule has 35 heavy (non-hydrogen) atoms. The van der Waals surface area contributed by atoms with Crippen molar-refractivity contribution < 1.29 is 24.2 Å². The van der Waals surface area contributed by atoms with Crippen molar-refractivity contribution in [2.24, 2.45) is 11.8 Å². The fraction of sp³-hybridized carbons (Fsp3) is 0.577. The number of carbonyl (C=O) groups excluding carboxylic acids is 3. The van der Waals surface area contributed by atoms with Gasteiger partial charge in [-0.2, -0.15) is 0 Å². The maximum atomic E-state index is 14.4. The van der Waals surface area contributed by atoms with Gasteiger partial charge in [0.1, 0.15) is 6.04 Å². The van der Waals surface area contributed by atoms with E-state index < -0.39 is 33.4 Å². The zero-order chi connectivity index (χ0) is 25.5. The second-order valence-corrected chi connectivity index (χ2v) is 12.0. The lowest BCUT2D eigenvalue weighted by atomic mass is 9.66. The molecule has 0 aromatic heterocycles. The first-order valence-electron chi connectivity index (χ1n) is 12.2. The number of nitrogens with zero attached hydrogens (tertiary/aromatic N) is 2. The first kappa shape index (κ1) is 26.0. The molecule has 0 radical (unpaired) electrons. The van der Waals surface area contributed by atoms with E-state index in [4.69, 9.17) is 16.3 Å². The summed E-state index contributed by atoms with van der Waals surface area (Å²) in [6.07, 6.45) is 3.48. The van der Waals surface area contributed by atoms with Gasteiger partial charge in [-0.15, -0.1) is 18.3 Å². The molecule has 1 aromatic rings. The molecule has 3 fully saturated rings. The molecule has 2 bridgehead atoms. The van der Waals surface area contributed by atoms with E-state index in [0.717, 1.165) is 0 Å². The minimum absolute atomic E-state index is 0.230. The molecule has 0 saturated carbocycles. The summed E-state index contributed by atoms with van der Waals surface area (Å²) in [6, 6.07) is 5.63. The minimum atomic E-state index is -0.820. The highest BCUT2D eigenvalue weighted by Gasteiger charge is 2.78. The standard InChI is InChI=1S/C26H33ClN2O5S/c1-5-14-28(18-10-8-16(27)9-11-18)23(32)21-26-13-12-25(4,35-26)20(24(33)34-7-3)19(26)22(31)29(21)17(6-2)15-30/h5,8-11,17,19-21,30H,1,6-7,12-15H2,2-4H3/t17-,19-,20+,21?,25-,26?/m0/s1. The molecule has 190 valence electrons. The molecule has 6 atom stereocenters. The SMILES string of the molecule is C=CCN(C(=O)C1N([C@@H](CC)CO)C(=O)[C@@H]2[C@H](C(=O)OCC)[C@]3(C)CCC12S3)c1ccc(Cl)cc1. The number of carbonyl (C=O) groups is 3. The van der Waals surface area contributed by atoms with Crippen molar-refractivity contribution in [3.05, 3.63) is 41.9 Å². The molecule has 1 aromatic carbocycles. The summed E-state index contributed by atoms with van der Waals surface area (Å²) in [7, 11) is 0. The topological polar surface area (TPSA) is 87.2 Å². The Kier molecular flexibility index (Phi) is 7.28.